The van der Waals surface area contributed by atoms with Crippen molar-refractivity contribution >= 4 is 40.6 Å². The molecule has 30 heavy (non-hydrogen) atoms. The third-order valence-electron chi connectivity index (χ3n) is 4.62. The fourth-order valence-electron chi connectivity index (χ4n) is 3.04. The van der Waals surface area contributed by atoms with Crippen LogP contribution in [0.15, 0.2) is 73.1 Å². The number of hydrogen-bond donors (Lipinski definition) is 2. The number of benzene rings is 2. The first-order valence-electron chi connectivity index (χ1n) is 9.49. The highest BCUT2D eigenvalue weighted by molar-refractivity contribution is 7.80. The largest absolute Gasteiger partial charge is 0.316 e. The molecule has 0 aliphatic rings. The fraction of sp³-hybridized carbons (Fsp3) is 0.136. The maximum absolute atomic E-state index is 5.93. The van der Waals surface area contributed by atoms with Gasteiger partial charge in [0.05, 0.1) is 13.1 Å². The number of nitrogens with one attached hydrogen (secondary N) is 2. The highest BCUT2D eigenvalue weighted by Crippen LogP contribution is 2.13. The highest BCUT2D eigenvalue weighted by atomic mass is 35.5. The molecule has 0 radical (unpaired) electrons. The van der Waals surface area contributed by atoms with E-state index in [0.717, 1.165) is 10.6 Å². The summed E-state index contributed by atoms with van der Waals surface area (Å²) < 4.78 is 3.72. The Bertz CT molecular complexity index is 1150. The molecule has 152 valence electrons. The molecule has 0 aliphatic heterocycles. The Morgan fingerprint density at radius 3 is 2.10 bits per heavy atom. The molecule has 0 unspecified atom stereocenters. The Kier molecular flexibility index (Phi) is 6.11. The van der Waals surface area contributed by atoms with E-state index in [1.165, 1.54) is 11.1 Å². The molecule has 0 bridgehead atoms. The number of aromatic nitrogens is 4. The van der Waals surface area contributed by atoms with E-state index in [4.69, 9.17) is 23.8 Å². The van der Waals surface area contributed by atoms with Gasteiger partial charge in [0, 0.05) is 29.5 Å². The molecule has 0 saturated carbocycles. The van der Waals surface area contributed by atoms with Crippen molar-refractivity contribution in [2.75, 3.05) is 10.6 Å². The maximum atomic E-state index is 5.93. The molecule has 0 saturated heterocycles. The Hall–Kier alpha value is -3.16. The molecule has 0 spiro atoms. The van der Waals surface area contributed by atoms with Crippen LogP contribution in [0.4, 0.5) is 11.6 Å². The predicted molar refractivity (Wildman–Crippen MR) is 125 cm³/mol. The lowest BCUT2D eigenvalue weighted by Crippen LogP contribution is -2.20. The molecule has 6 nitrogen and oxygen atoms in total. The summed E-state index contributed by atoms with van der Waals surface area (Å²) in [6.45, 7) is 3.47. The Morgan fingerprint density at radius 1 is 0.867 bits per heavy atom. The summed E-state index contributed by atoms with van der Waals surface area (Å²) in [4.78, 5) is 0. The van der Waals surface area contributed by atoms with Gasteiger partial charge in [-0.25, -0.2) is 0 Å². The van der Waals surface area contributed by atoms with Crippen molar-refractivity contribution in [1.82, 2.24) is 19.6 Å². The summed E-state index contributed by atoms with van der Waals surface area (Å²) in [5.74, 6) is 1.35. The van der Waals surface area contributed by atoms with Crippen LogP contribution in [0, 0.1) is 6.92 Å². The number of aryl methyl sites for hydroxylation is 1. The van der Waals surface area contributed by atoms with Gasteiger partial charge in [0.1, 0.15) is 0 Å². The summed E-state index contributed by atoms with van der Waals surface area (Å²) in [7, 11) is 0. The van der Waals surface area contributed by atoms with Crippen molar-refractivity contribution in [3.8, 4) is 0 Å². The quantitative estimate of drug-likeness (QED) is 0.419. The van der Waals surface area contributed by atoms with E-state index in [9.17, 15) is 0 Å². The molecule has 4 rings (SSSR count). The number of nitrogens with zero attached hydrogens (tertiary/aromatic N) is 4. The van der Waals surface area contributed by atoms with Gasteiger partial charge >= 0.3 is 0 Å². The first kappa shape index (κ1) is 20.1. The van der Waals surface area contributed by atoms with Gasteiger partial charge in [-0.1, -0.05) is 48.0 Å². The van der Waals surface area contributed by atoms with Crippen molar-refractivity contribution in [3.05, 3.63) is 94.8 Å². The number of thiocarbonyl (C=S) groups is 1. The third kappa shape index (κ3) is 5.25. The van der Waals surface area contributed by atoms with Gasteiger partial charge in [-0.15, -0.1) is 0 Å². The lowest BCUT2D eigenvalue weighted by Gasteiger charge is -2.07. The molecule has 0 atom stereocenters. The minimum Gasteiger partial charge on any atom is -0.316 e. The molecule has 2 heterocycles. The van der Waals surface area contributed by atoms with Crippen LogP contribution in [-0.4, -0.2) is 24.7 Å². The van der Waals surface area contributed by atoms with Gasteiger partial charge in [0.25, 0.3) is 0 Å². The average Bonchev–Trinajstić information content (AvgIpc) is 3.35. The van der Waals surface area contributed by atoms with Gasteiger partial charge in [-0.05, 0) is 48.0 Å². The first-order chi connectivity index (χ1) is 14.5. The van der Waals surface area contributed by atoms with E-state index < -0.39 is 0 Å². The summed E-state index contributed by atoms with van der Waals surface area (Å²) >= 11 is 11.3. The van der Waals surface area contributed by atoms with Crippen LogP contribution in [0.3, 0.4) is 0 Å². The van der Waals surface area contributed by atoms with Crippen molar-refractivity contribution in [2.45, 2.75) is 20.0 Å². The average molecular weight is 437 g/mol. The molecule has 8 heteroatoms. The minimum atomic E-state index is 0.438. The summed E-state index contributed by atoms with van der Waals surface area (Å²) in [5, 5.41) is 16.4. The van der Waals surface area contributed by atoms with E-state index in [0.29, 0.717) is 29.8 Å². The summed E-state index contributed by atoms with van der Waals surface area (Å²) in [6.07, 6.45) is 3.83. The number of halogens is 1. The van der Waals surface area contributed by atoms with E-state index in [-0.39, 0.29) is 0 Å². The minimum absolute atomic E-state index is 0.438. The zero-order chi connectivity index (χ0) is 20.9. The van der Waals surface area contributed by atoms with Gasteiger partial charge < -0.3 is 10.6 Å². The molecule has 0 fully saturated rings. The van der Waals surface area contributed by atoms with Crippen molar-refractivity contribution < 1.29 is 0 Å². The van der Waals surface area contributed by atoms with Crippen LogP contribution >= 0.6 is 23.8 Å². The molecule has 2 aromatic carbocycles. The lowest BCUT2D eigenvalue weighted by molar-refractivity contribution is 0.687. The molecule has 4 aromatic rings. The Balaban J connectivity index is 1.32. The second-order valence-electron chi connectivity index (χ2n) is 6.93. The fourth-order valence-corrected chi connectivity index (χ4v) is 3.37. The summed E-state index contributed by atoms with van der Waals surface area (Å²) in [5.41, 5.74) is 3.60. The van der Waals surface area contributed by atoms with E-state index in [1.54, 1.807) is 0 Å². The molecule has 0 aliphatic carbocycles. The van der Waals surface area contributed by atoms with Crippen molar-refractivity contribution in [3.63, 3.8) is 0 Å². The number of hydrogen-bond acceptors (Lipinski definition) is 3. The zero-order valence-corrected chi connectivity index (χ0v) is 18.0. The number of rotatable bonds is 6. The van der Waals surface area contributed by atoms with Gasteiger partial charge in [-0.2, -0.15) is 10.2 Å². The van der Waals surface area contributed by atoms with Gasteiger partial charge in [-0.3, -0.25) is 9.36 Å². The first-order valence-corrected chi connectivity index (χ1v) is 10.3. The van der Waals surface area contributed by atoms with Crippen LogP contribution in [-0.2, 0) is 13.1 Å². The zero-order valence-electron chi connectivity index (χ0n) is 16.4. The van der Waals surface area contributed by atoms with Crippen LogP contribution in [0.1, 0.15) is 16.7 Å². The molecule has 2 aromatic heterocycles. The normalized spacial score (nSPS) is 10.7. The van der Waals surface area contributed by atoms with Crippen molar-refractivity contribution in [2.24, 2.45) is 0 Å². The monoisotopic (exact) mass is 436 g/mol. The maximum Gasteiger partial charge on any atom is 0.177 e. The van der Waals surface area contributed by atoms with E-state index in [2.05, 4.69) is 39.9 Å². The molecule has 0 amide bonds. The van der Waals surface area contributed by atoms with E-state index in [1.807, 2.05) is 70.3 Å². The summed E-state index contributed by atoms with van der Waals surface area (Å²) in [6, 6.07) is 19.8. The number of anilines is 2. The molecular weight excluding hydrogens is 416 g/mol. The van der Waals surface area contributed by atoms with E-state index >= 15 is 0 Å². The Morgan fingerprint density at radius 2 is 1.47 bits per heavy atom. The standard InChI is InChI=1S/C22H21ClN6S/c1-16-4-2-3-5-18(16)15-29-13-11-21(27-29)25-22(30)24-20-10-12-28(26-20)14-17-6-8-19(23)9-7-17/h2-13H,14-15H2,1H3,(H2,24,25,26,27,30). The smallest absolute Gasteiger partial charge is 0.177 e. The van der Waals surface area contributed by atoms with Gasteiger partial charge in [0.2, 0.25) is 0 Å². The lowest BCUT2D eigenvalue weighted by atomic mass is 10.1. The van der Waals surface area contributed by atoms with Crippen LogP contribution in [0.25, 0.3) is 0 Å². The Labute approximate surface area is 185 Å². The second-order valence-corrected chi connectivity index (χ2v) is 7.77. The highest BCUT2D eigenvalue weighted by Gasteiger charge is 2.06. The van der Waals surface area contributed by atoms with Crippen LogP contribution in [0.2, 0.25) is 5.02 Å². The molecular formula is C22H21ClN6S. The second kappa shape index (κ2) is 9.11. The molecule has 2 N–H and O–H groups in total. The van der Waals surface area contributed by atoms with Crippen molar-refractivity contribution in [1.29, 1.82) is 0 Å². The predicted octanol–water partition coefficient (Wildman–Crippen LogP) is 4.95. The topological polar surface area (TPSA) is 59.7 Å². The van der Waals surface area contributed by atoms with Gasteiger partial charge in [0.15, 0.2) is 16.7 Å². The third-order valence-corrected chi connectivity index (χ3v) is 5.07. The van der Waals surface area contributed by atoms with Crippen LogP contribution in [0.5, 0.6) is 0 Å². The SMILES string of the molecule is Cc1ccccc1Cn1ccc(NC(=S)Nc2ccn(Cc3ccc(Cl)cc3)n2)n1. The van der Waals surface area contributed by atoms with Crippen LogP contribution < -0.4 is 10.6 Å².